The van der Waals surface area contributed by atoms with Gasteiger partial charge in [-0.05, 0) is 44.7 Å². The summed E-state index contributed by atoms with van der Waals surface area (Å²) in [6.45, 7) is 1.51. The first-order chi connectivity index (χ1) is 13.6. The molecule has 1 aliphatic carbocycles. The lowest BCUT2D eigenvalue weighted by Crippen LogP contribution is -2.37. The van der Waals surface area contributed by atoms with Gasteiger partial charge in [0.15, 0.2) is 5.78 Å². The minimum absolute atomic E-state index is 0.00960. The molecule has 0 spiro atoms. The fraction of sp³-hybridized carbons (Fsp3) is 0.350. The number of thiophene rings is 1. The molecule has 144 valence electrons. The van der Waals surface area contributed by atoms with Crippen LogP contribution in [-0.4, -0.2) is 37.5 Å². The van der Waals surface area contributed by atoms with Crippen LogP contribution in [0.15, 0.2) is 43.1 Å². The highest BCUT2D eigenvalue weighted by atomic mass is 32.1. The van der Waals surface area contributed by atoms with Gasteiger partial charge in [0, 0.05) is 30.2 Å². The molecular formula is C20H21N5O2S. The number of Topliss-reactive ketones (excluding diaryl/α,β-unsaturated/α-hetero) is 1. The van der Waals surface area contributed by atoms with Crippen molar-refractivity contribution in [3.63, 3.8) is 0 Å². The predicted molar refractivity (Wildman–Crippen MR) is 106 cm³/mol. The number of aromatic nitrogens is 4. The van der Waals surface area contributed by atoms with Gasteiger partial charge in [-0.1, -0.05) is 0 Å². The molecule has 1 saturated carbocycles. The standard InChI is InChI=1S/C20H21N5O2S/c1-13(26)18-6-7-19(28-18)20(27)24-15-2-4-16(5-3-15)25-12-14(10-23-25)17-11-21-8-9-22-17/h6-12,15-16H,2-5H2,1H3,(H,24,27). The molecule has 3 aromatic rings. The van der Waals surface area contributed by atoms with Crippen LogP contribution in [0.4, 0.5) is 0 Å². The fourth-order valence-corrected chi connectivity index (χ4v) is 4.31. The van der Waals surface area contributed by atoms with Gasteiger partial charge in [-0.2, -0.15) is 5.10 Å². The maximum Gasteiger partial charge on any atom is 0.261 e. The molecule has 1 fully saturated rings. The molecule has 3 aromatic heterocycles. The van der Waals surface area contributed by atoms with Gasteiger partial charge in [-0.15, -0.1) is 11.3 Å². The Kier molecular flexibility index (Phi) is 5.29. The van der Waals surface area contributed by atoms with E-state index >= 15 is 0 Å². The summed E-state index contributed by atoms with van der Waals surface area (Å²) in [4.78, 5) is 33.4. The van der Waals surface area contributed by atoms with Crippen molar-refractivity contribution < 1.29 is 9.59 Å². The monoisotopic (exact) mass is 395 g/mol. The number of hydrogen-bond donors (Lipinski definition) is 1. The van der Waals surface area contributed by atoms with Gasteiger partial charge in [0.1, 0.15) is 0 Å². The Balaban J connectivity index is 1.33. The third kappa shape index (κ3) is 4.01. The number of hydrogen-bond acceptors (Lipinski definition) is 6. The van der Waals surface area contributed by atoms with Crippen molar-refractivity contribution in [2.45, 2.75) is 44.7 Å². The van der Waals surface area contributed by atoms with E-state index in [4.69, 9.17) is 0 Å². The SMILES string of the molecule is CC(=O)c1ccc(C(=O)NC2CCC(n3cc(-c4cnccn4)cn3)CC2)s1. The largest absolute Gasteiger partial charge is 0.349 e. The number of nitrogens with zero attached hydrogens (tertiary/aromatic N) is 4. The van der Waals surface area contributed by atoms with Gasteiger partial charge in [0.25, 0.3) is 5.91 Å². The molecule has 0 radical (unpaired) electrons. The highest BCUT2D eigenvalue weighted by molar-refractivity contribution is 7.15. The van der Waals surface area contributed by atoms with Gasteiger partial charge in [0.2, 0.25) is 0 Å². The first-order valence-electron chi connectivity index (χ1n) is 9.32. The highest BCUT2D eigenvalue weighted by Gasteiger charge is 2.25. The Morgan fingerprint density at radius 2 is 1.89 bits per heavy atom. The number of nitrogens with one attached hydrogen (secondary N) is 1. The smallest absolute Gasteiger partial charge is 0.261 e. The molecule has 0 aliphatic heterocycles. The molecule has 0 bridgehead atoms. The highest BCUT2D eigenvalue weighted by Crippen LogP contribution is 2.29. The second-order valence-corrected chi connectivity index (χ2v) is 8.08. The molecule has 0 saturated heterocycles. The number of amides is 1. The molecule has 1 N–H and O–H groups in total. The van der Waals surface area contributed by atoms with Crippen LogP contribution >= 0.6 is 11.3 Å². The second kappa shape index (κ2) is 8.02. The summed E-state index contributed by atoms with van der Waals surface area (Å²) < 4.78 is 2.00. The van der Waals surface area contributed by atoms with Crippen LogP contribution in [0, 0.1) is 0 Å². The van der Waals surface area contributed by atoms with Crippen LogP contribution in [0.5, 0.6) is 0 Å². The van der Waals surface area contributed by atoms with Crippen molar-refractivity contribution >= 4 is 23.0 Å². The Hall–Kier alpha value is -2.87. The Bertz CT molecular complexity index is 973. The summed E-state index contributed by atoms with van der Waals surface area (Å²) >= 11 is 1.25. The number of carbonyl (C=O) groups excluding carboxylic acids is 2. The van der Waals surface area contributed by atoms with E-state index in [-0.39, 0.29) is 17.7 Å². The van der Waals surface area contributed by atoms with Crippen LogP contribution in [0.3, 0.4) is 0 Å². The van der Waals surface area contributed by atoms with Crippen molar-refractivity contribution in [1.29, 1.82) is 0 Å². The first kappa shape index (κ1) is 18.5. The molecule has 3 heterocycles. The summed E-state index contributed by atoms with van der Waals surface area (Å²) in [5, 5.41) is 7.60. The molecule has 1 aliphatic rings. The van der Waals surface area contributed by atoms with Crippen LogP contribution < -0.4 is 5.32 Å². The zero-order chi connectivity index (χ0) is 19.5. The molecule has 7 nitrogen and oxygen atoms in total. The molecule has 0 aromatic carbocycles. The van der Waals surface area contributed by atoms with E-state index in [0.717, 1.165) is 36.9 Å². The summed E-state index contributed by atoms with van der Waals surface area (Å²) in [7, 11) is 0. The number of ketones is 1. The van der Waals surface area contributed by atoms with Crippen molar-refractivity contribution in [2.75, 3.05) is 0 Å². The quantitative estimate of drug-likeness (QED) is 0.668. The average molecular weight is 395 g/mol. The first-order valence-corrected chi connectivity index (χ1v) is 10.1. The third-order valence-electron chi connectivity index (χ3n) is 5.04. The molecule has 8 heteroatoms. The van der Waals surface area contributed by atoms with Crippen LogP contribution in [0.1, 0.15) is 58.0 Å². The van der Waals surface area contributed by atoms with E-state index in [2.05, 4.69) is 20.4 Å². The minimum Gasteiger partial charge on any atom is -0.349 e. The van der Waals surface area contributed by atoms with E-state index < -0.39 is 0 Å². The van der Waals surface area contributed by atoms with Crippen molar-refractivity contribution in [1.82, 2.24) is 25.1 Å². The molecule has 4 rings (SSSR count). The summed E-state index contributed by atoms with van der Waals surface area (Å²) in [5.74, 6) is -0.102. The Morgan fingerprint density at radius 3 is 2.57 bits per heavy atom. The summed E-state index contributed by atoms with van der Waals surface area (Å²) in [6.07, 6.45) is 12.6. The lowest BCUT2D eigenvalue weighted by Gasteiger charge is -2.29. The van der Waals surface area contributed by atoms with Crippen molar-refractivity contribution in [3.05, 3.63) is 52.9 Å². The zero-order valence-electron chi connectivity index (χ0n) is 15.5. The van der Waals surface area contributed by atoms with E-state index in [1.807, 2.05) is 17.1 Å². The number of rotatable bonds is 5. The van der Waals surface area contributed by atoms with E-state index in [9.17, 15) is 9.59 Å². The van der Waals surface area contributed by atoms with E-state index in [1.54, 1.807) is 30.7 Å². The second-order valence-electron chi connectivity index (χ2n) is 7.00. The normalized spacial score (nSPS) is 19.3. The zero-order valence-corrected chi connectivity index (χ0v) is 16.4. The molecular weight excluding hydrogens is 374 g/mol. The maximum atomic E-state index is 12.4. The van der Waals surface area contributed by atoms with Crippen LogP contribution in [-0.2, 0) is 0 Å². The molecule has 0 atom stereocenters. The van der Waals surface area contributed by atoms with Gasteiger partial charge in [-0.3, -0.25) is 24.2 Å². The molecule has 1 amide bonds. The maximum absolute atomic E-state index is 12.4. The summed E-state index contributed by atoms with van der Waals surface area (Å²) in [6, 6.07) is 3.91. The van der Waals surface area contributed by atoms with Crippen LogP contribution in [0.2, 0.25) is 0 Å². The van der Waals surface area contributed by atoms with Crippen LogP contribution in [0.25, 0.3) is 11.3 Å². The third-order valence-corrected chi connectivity index (χ3v) is 6.23. The lowest BCUT2D eigenvalue weighted by molar-refractivity contribution is 0.0925. The molecule has 0 unspecified atom stereocenters. The lowest BCUT2D eigenvalue weighted by atomic mass is 9.91. The Labute approximate surface area is 166 Å². The van der Waals surface area contributed by atoms with Gasteiger partial charge in [-0.25, -0.2) is 0 Å². The van der Waals surface area contributed by atoms with Gasteiger partial charge in [0.05, 0.1) is 33.9 Å². The Morgan fingerprint density at radius 1 is 1.11 bits per heavy atom. The topological polar surface area (TPSA) is 89.8 Å². The van der Waals surface area contributed by atoms with E-state index in [1.165, 1.54) is 18.3 Å². The fourth-order valence-electron chi connectivity index (χ4n) is 3.51. The van der Waals surface area contributed by atoms with Crippen molar-refractivity contribution in [3.8, 4) is 11.3 Å². The number of carbonyl (C=O) groups is 2. The van der Waals surface area contributed by atoms with Gasteiger partial charge < -0.3 is 5.32 Å². The minimum atomic E-state index is -0.0926. The van der Waals surface area contributed by atoms with Crippen molar-refractivity contribution in [2.24, 2.45) is 0 Å². The predicted octanol–water partition coefficient (Wildman–Crippen LogP) is 3.52. The van der Waals surface area contributed by atoms with Gasteiger partial charge >= 0.3 is 0 Å². The summed E-state index contributed by atoms with van der Waals surface area (Å²) in [5.41, 5.74) is 1.78. The molecule has 28 heavy (non-hydrogen) atoms. The van der Waals surface area contributed by atoms with E-state index in [0.29, 0.717) is 15.8 Å². The average Bonchev–Trinajstić information content (AvgIpc) is 3.39.